The van der Waals surface area contributed by atoms with Crippen LogP contribution in [-0.2, 0) is 10.0 Å². The molecule has 0 atom stereocenters. The Morgan fingerprint density at radius 3 is 2.10 bits per heavy atom. The second kappa shape index (κ2) is 5.48. The number of rotatable bonds is 4. The van der Waals surface area contributed by atoms with E-state index >= 15 is 0 Å². The fourth-order valence-corrected chi connectivity index (χ4v) is 3.60. The first-order valence-electron chi connectivity index (χ1n) is 5.95. The van der Waals surface area contributed by atoms with E-state index in [1.165, 1.54) is 12.4 Å². The van der Waals surface area contributed by atoms with Gasteiger partial charge >= 0.3 is 0 Å². The van der Waals surface area contributed by atoms with Crippen molar-refractivity contribution in [2.45, 2.75) is 18.7 Å². The lowest BCUT2D eigenvalue weighted by molar-refractivity contribution is 0.600. The lowest BCUT2D eigenvalue weighted by Gasteiger charge is -2.14. The van der Waals surface area contributed by atoms with Crippen LogP contribution in [0.4, 0.5) is 11.4 Å². The predicted octanol–water partition coefficient (Wildman–Crippen LogP) is 1.78. The van der Waals surface area contributed by atoms with Crippen LogP contribution in [0.3, 0.4) is 0 Å². The summed E-state index contributed by atoms with van der Waals surface area (Å²) < 4.78 is 27.5. The van der Waals surface area contributed by atoms with Gasteiger partial charge in [0.25, 0.3) is 10.0 Å². The van der Waals surface area contributed by atoms with E-state index in [1.807, 2.05) is 0 Å². The Hall–Kier alpha value is -2.12. The summed E-state index contributed by atoms with van der Waals surface area (Å²) in [6.07, 6.45) is 3.05. The van der Waals surface area contributed by atoms with E-state index in [0.29, 0.717) is 22.5 Å². The number of pyridine rings is 1. The predicted molar refractivity (Wildman–Crippen MR) is 78.8 cm³/mol. The number of nitrogens with two attached hydrogens (primary N) is 1. The molecule has 20 heavy (non-hydrogen) atoms. The first-order chi connectivity index (χ1) is 9.44. The molecule has 0 fully saturated rings. The van der Waals surface area contributed by atoms with Gasteiger partial charge in [0.05, 0.1) is 10.6 Å². The molecule has 106 valence electrons. The smallest absolute Gasteiger partial charge is 0.262 e. The highest BCUT2D eigenvalue weighted by molar-refractivity contribution is 7.92. The molecule has 0 aliphatic rings. The van der Waals surface area contributed by atoms with Crippen molar-refractivity contribution in [1.29, 1.82) is 0 Å². The molecule has 1 aromatic carbocycles. The summed E-state index contributed by atoms with van der Waals surface area (Å²) in [5.41, 5.74) is 4.90. The van der Waals surface area contributed by atoms with Gasteiger partial charge < -0.3 is 5.43 Å². The monoisotopic (exact) mass is 292 g/mol. The first kappa shape index (κ1) is 14.3. The van der Waals surface area contributed by atoms with Gasteiger partial charge in [0.2, 0.25) is 0 Å². The van der Waals surface area contributed by atoms with E-state index < -0.39 is 10.0 Å². The molecule has 0 saturated heterocycles. The van der Waals surface area contributed by atoms with Gasteiger partial charge in [-0.1, -0.05) is 0 Å². The number of hydrazine groups is 1. The largest absolute Gasteiger partial charge is 0.324 e. The van der Waals surface area contributed by atoms with Crippen LogP contribution in [0, 0.1) is 13.8 Å². The van der Waals surface area contributed by atoms with Gasteiger partial charge in [-0.15, -0.1) is 0 Å². The molecule has 0 saturated carbocycles. The number of anilines is 2. The normalized spacial score (nSPS) is 11.2. The molecule has 0 spiro atoms. The van der Waals surface area contributed by atoms with E-state index in [1.54, 1.807) is 38.1 Å². The third-order valence-corrected chi connectivity index (χ3v) is 4.51. The van der Waals surface area contributed by atoms with Crippen molar-refractivity contribution >= 4 is 21.4 Å². The summed E-state index contributed by atoms with van der Waals surface area (Å²) in [6.45, 7) is 3.46. The zero-order chi connectivity index (χ0) is 14.8. The van der Waals surface area contributed by atoms with Crippen LogP contribution >= 0.6 is 0 Å². The molecular formula is C13H16N4O2S. The molecular weight excluding hydrogens is 276 g/mol. The number of sulfonamides is 1. The molecule has 0 bridgehead atoms. The Kier molecular flexibility index (Phi) is 3.91. The number of hydrogen-bond donors (Lipinski definition) is 3. The van der Waals surface area contributed by atoms with Gasteiger partial charge in [0.15, 0.2) is 0 Å². The lowest BCUT2D eigenvalue weighted by atomic mass is 10.1. The first-order valence-corrected chi connectivity index (χ1v) is 7.43. The van der Waals surface area contributed by atoms with E-state index in [-0.39, 0.29) is 4.90 Å². The van der Waals surface area contributed by atoms with Gasteiger partial charge in [-0.3, -0.25) is 15.5 Å². The molecule has 2 rings (SSSR count). The maximum absolute atomic E-state index is 12.5. The Balaban J connectivity index is 2.45. The average molecular weight is 292 g/mol. The van der Waals surface area contributed by atoms with E-state index in [4.69, 9.17) is 5.84 Å². The SMILES string of the molecule is Cc1cc(NN)cc(C)c1S(=O)(=O)Nc1ccncc1. The van der Waals surface area contributed by atoms with Crippen molar-refractivity contribution in [3.8, 4) is 0 Å². The number of nitrogens with one attached hydrogen (secondary N) is 2. The van der Waals surface area contributed by atoms with Crippen molar-refractivity contribution in [3.63, 3.8) is 0 Å². The Morgan fingerprint density at radius 2 is 1.60 bits per heavy atom. The summed E-state index contributed by atoms with van der Waals surface area (Å²) in [5, 5.41) is 0. The van der Waals surface area contributed by atoms with Gasteiger partial charge in [0.1, 0.15) is 0 Å². The third kappa shape index (κ3) is 2.89. The van der Waals surface area contributed by atoms with Crippen molar-refractivity contribution in [2.24, 2.45) is 5.84 Å². The van der Waals surface area contributed by atoms with Gasteiger partial charge in [0, 0.05) is 18.1 Å². The fraction of sp³-hybridized carbons (Fsp3) is 0.154. The van der Waals surface area contributed by atoms with Crippen LogP contribution in [0.2, 0.25) is 0 Å². The van der Waals surface area contributed by atoms with E-state index in [0.717, 1.165) is 0 Å². The van der Waals surface area contributed by atoms with Crippen molar-refractivity contribution in [3.05, 3.63) is 47.8 Å². The summed E-state index contributed by atoms with van der Waals surface area (Å²) >= 11 is 0. The number of hydrogen-bond acceptors (Lipinski definition) is 5. The van der Waals surface area contributed by atoms with Crippen molar-refractivity contribution < 1.29 is 8.42 Å². The second-order valence-electron chi connectivity index (χ2n) is 4.42. The van der Waals surface area contributed by atoms with Crippen molar-refractivity contribution in [2.75, 3.05) is 10.1 Å². The fourth-order valence-electron chi connectivity index (χ4n) is 2.08. The van der Waals surface area contributed by atoms with Crippen LogP contribution in [0.5, 0.6) is 0 Å². The molecule has 0 aliphatic heterocycles. The molecule has 2 aromatic rings. The molecule has 0 unspecified atom stereocenters. The lowest BCUT2D eigenvalue weighted by Crippen LogP contribution is -2.16. The summed E-state index contributed by atoms with van der Waals surface area (Å²) in [6, 6.07) is 6.57. The molecule has 1 heterocycles. The number of benzene rings is 1. The number of nitrogen functional groups attached to an aromatic ring is 1. The van der Waals surface area contributed by atoms with Crippen molar-refractivity contribution in [1.82, 2.24) is 4.98 Å². The van der Waals surface area contributed by atoms with Crippen LogP contribution in [0.1, 0.15) is 11.1 Å². The molecule has 0 radical (unpaired) electrons. The summed E-state index contributed by atoms with van der Waals surface area (Å²) in [4.78, 5) is 4.11. The minimum atomic E-state index is -3.65. The molecule has 0 amide bonds. The third-order valence-electron chi connectivity index (χ3n) is 2.83. The molecule has 1 aromatic heterocycles. The molecule has 4 N–H and O–H groups in total. The molecule has 0 aliphatic carbocycles. The highest BCUT2D eigenvalue weighted by atomic mass is 32.2. The quantitative estimate of drug-likeness (QED) is 0.589. The van der Waals surface area contributed by atoms with E-state index in [9.17, 15) is 8.42 Å². The topological polar surface area (TPSA) is 97.1 Å². The number of aryl methyl sites for hydroxylation is 2. The number of nitrogens with zero attached hydrogens (tertiary/aromatic N) is 1. The molecule has 7 heteroatoms. The zero-order valence-electron chi connectivity index (χ0n) is 11.2. The van der Waals surface area contributed by atoms with Crippen LogP contribution in [0.25, 0.3) is 0 Å². The highest BCUT2D eigenvalue weighted by Gasteiger charge is 2.20. The standard InChI is InChI=1S/C13H16N4O2S/c1-9-7-12(16-14)8-10(2)13(9)20(18,19)17-11-3-5-15-6-4-11/h3-8,16H,14H2,1-2H3,(H,15,17). The highest BCUT2D eigenvalue weighted by Crippen LogP contribution is 2.25. The maximum atomic E-state index is 12.5. The van der Waals surface area contributed by atoms with Crippen LogP contribution in [-0.4, -0.2) is 13.4 Å². The minimum absolute atomic E-state index is 0.258. The minimum Gasteiger partial charge on any atom is -0.324 e. The summed E-state index contributed by atoms with van der Waals surface area (Å²) in [7, 11) is -3.65. The number of aromatic nitrogens is 1. The van der Waals surface area contributed by atoms with Crippen LogP contribution < -0.4 is 16.0 Å². The zero-order valence-corrected chi connectivity index (χ0v) is 12.0. The van der Waals surface area contributed by atoms with Gasteiger partial charge in [-0.25, -0.2) is 8.42 Å². The van der Waals surface area contributed by atoms with Crippen LogP contribution in [0.15, 0.2) is 41.6 Å². The Morgan fingerprint density at radius 1 is 1.05 bits per heavy atom. The second-order valence-corrected chi connectivity index (χ2v) is 6.04. The summed E-state index contributed by atoms with van der Waals surface area (Å²) in [5.74, 6) is 5.35. The van der Waals surface area contributed by atoms with Gasteiger partial charge in [-0.05, 0) is 49.2 Å². The Labute approximate surface area is 118 Å². The Bertz CT molecular complexity index is 691. The molecule has 6 nitrogen and oxygen atoms in total. The van der Waals surface area contributed by atoms with Gasteiger partial charge in [-0.2, -0.15) is 0 Å². The average Bonchev–Trinajstić information content (AvgIpc) is 2.37. The maximum Gasteiger partial charge on any atom is 0.262 e. The van der Waals surface area contributed by atoms with E-state index in [2.05, 4.69) is 15.1 Å².